The van der Waals surface area contributed by atoms with Crippen LogP contribution in [-0.2, 0) is 6.54 Å². The maximum atomic E-state index is 12.5. The third-order valence-corrected chi connectivity index (χ3v) is 3.48. The summed E-state index contributed by atoms with van der Waals surface area (Å²) < 4.78 is 5.43. The Labute approximate surface area is 132 Å². The number of ether oxygens (including phenoxy) is 1. The first-order chi connectivity index (χ1) is 10.6. The maximum absolute atomic E-state index is 12.5. The number of nitrogens with zero attached hydrogens (tertiary/aromatic N) is 1. The fourth-order valence-electron chi connectivity index (χ4n) is 2.24. The van der Waals surface area contributed by atoms with E-state index in [1.165, 1.54) is 0 Å². The fourth-order valence-corrected chi connectivity index (χ4v) is 2.24. The summed E-state index contributed by atoms with van der Waals surface area (Å²) in [6, 6.07) is 15.2. The van der Waals surface area contributed by atoms with Crippen LogP contribution in [0.25, 0.3) is 0 Å². The molecule has 3 nitrogen and oxygen atoms in total. The van der Waals surface area contributed by atoms with E-state index in [2.05, 4.69) is 6.92 Å². The van der Waals surface area contributed by atoms with Crippen molar-refractivity contribution >= 4 is 5.91 Å². The summed E-state index contributed by atoms with van der Waals surface area (Å²) in [7, 11) is 0. The lowest BCUT2D eigenvalue weighted by atomic mass is 10.1. The van der Waals surface area contributed by atoms with Gasteiger partial charge in [-0.1, -0.05) is 24.3 Å². The third kappa shape index (κ3) is 4.10. The quantitative estimate of drug-likeness (QED) is 0.808. The summed E-state index contributed by atoms with van der Waals surface area (Å²) in [6.07, 6.45) is 0. The van der Waals surface area contributed by atoms with Crippen LogP contribution in [0.15, 0.2) is 48.5 Å². The molecule has 0 bridgehead atoms. The second kappa shape index (κ2) is 7.64. The van der Waals surface area contributed by atoms with Crippen LogP contribution >= 0.6 is 0 Å². The minimum absolute atomic E-state index is 0.0383. The van der Waals surface area contributed by atoms with Crippen molar-refractivity contribution in [3.8, 4) is 5.75 Å². The SMILES string of the molecule is [CH2]c1ccc(C(=O)N(CC)Cc2ccc(OCC)cc2)cc1. The number of carbonyl (C=O) groups is 1. The number of amides is 1. The third-order valence-electron chi connectivity index (χ3n) is 3.48. The van der Waals surface area contributed by atoms with E-state index in [1.807, 2.05) is 67.3 Å². The summed E-state index contributed by atoms with van der Waals surface area (Å²) in [5.74, 6) is 0.892. The highest BCUT2D eigenvalue weighted by molar-refractivity contribution is 5.94. The first-order valence-electron chi connectivity index (χ1n) is 7.57. The number of rotatable bonds is 6. The van der Waals surface area contributed by atoms with E-state index in [0.717, 1.165) is 16.9 Å². The van der Waals surface area contributed by atoms with Gasteiger partial charge in [-0.05, 0) is 56.2 Å². The lowest BCUT2D eigenvalue weighted by Gasteiger charge is -2.21. The number of carbonyl (C=O) groups excluding carboxylic acids is 1. The van der Waals surface area contributed by atoms with Crippen LogP contribution in [0, 0.1) is 6.92 Å². The molecule has 0 aromatic heterocycles. The molecule has 22 heavy (non-hydrogen) atoms. The van der Waals surface area contributed by atoms with Crippen molar-refractivity contribution in [1.82, 2.24) is 4.90 Å². The van der Waals surface area contributed by atoms with Gasteiger partial charge in [0.05, 0.1) is 6.61 Å². The summed E-state index contributed by atoms with van der Waals surface area (Å²) in [5, 5.41) is 0. The molecule has 3 heteroatoms. The molecule has 0 atom stereocenters. The molecule has 2 aromatic carbocycles. The summed E-state index contributed by atoms with van der Waals surface area (Å²) in [5.41, 5.74) is 2.69. The molecule has 1 amide bonds. The van der Waals surface area contributed by atoms with Crippen molar-refractivity contribution in [2.24, 2.45) is 0 Å². The first-order valence-corrected chi connectivity index (χ1v) is 7.57. The van der Waals surface area contributed by atoms with Gasteiger partial charge in [0.2, 0.25) is 0 Å². The zero-order chi connectivity index (χ0) is 15.9. The van der Waals surface area contributed by atoms with Gasteiger partial charge in [0.1, 0.15) is 5.75 Å². The van der Waals surface area contributed by atoms with Crippen LogP contribution in [0.2, 0.25) is 0 Å². The molecule has 0 aliphatic rings. The predicted octanol–water partition coefficient (Wildman–Crippen LogP) is 3.93. The van der Waals surface area contributed by atoms with Crippen LogP contribution in [0.4, 0.5) is 0 Å². The molecule has 0 aliphatic heterocycles. The molecule has 115 valence electrons. The normalized spacial score (nSPS) is 10.3. The molecule has 0 saturated carbocycles. The zero-order valence-electron chi connectivity index (χ0n) is 13.2. The number of hydrogen-bond acceptors (Lipinski definition) is 2. The second-order valence-corrected chi connectivity index (χ2v) is 5.09. The van der Waals surface area contributed by atoms with Crippen LogP contribution in [-0.4, -0.2) is 24.0 Å². The van der Waals surface area contributed by atoms with Crippen molar-refractivity contribution in [1.29, 1.82) is 0 Å². The maximum Gasteiger partial charge on any atom is 0.254 e. The fraction of sp³-hybridized carbons (Fsp3) is 0.263. The zero-order valence-corrected chi connectivity index (χ0v) is 13.2. The molecule has 0 saturated heterocycles. The van der Waals surface area contributed by atoms with Gasteiger partial charge in [-0.25, -0.2) is 0 Å². The molecule has 0 spiro atoms. The van der Waals surface area contributed by atoms with Gasteiger partial charge in [-0.3, -0.25) is 4.79 Å². The van der Waals surface area contributed by atoms with Crippen molar-refractivity contribution in [2.75, 3.05) is 13.2 Å². The van der Waals surface area contributed by atoms with Crippen molar-refractivity contribution in [3.05, 3.63) is 72.1 Å². The van der Waals surface area contributed by atoms with Gasteiger partial charge >= 0.3 is 0 Å². The highest BCUT2D eigenvalue weighted by atomic mass is 16.5. The summed E-state index contributed by atoms with van der Waals surface area (Å²) in [4.78, 5) is 14.4. The lowest BCUT2D eigenvalue weighted by molar-refractivity contribution is 0.0752. The Hall–Kier alpha value is -2.29. The van der Waals surface area contributed by atoms with E-state index >= 15 is 0 Å². The molecule has 0 N–H and O–H groups in total. The second-order valence-electron chi connectivity index (χ2n) is 5.09. The van der Waals surface area contributed by atoms with Crippen molar-refractivity contribution in [2.45, 2.75) is 20.4 Å². The topological polar surface area (TPSA) is 29.5 Å². The van der Waals surface area contributed by atoms with E-state index in [-0.39, 0.29) is 5.91 Å². The van der Waals surface area contributed by atoms with Gasteiger partial charge < -0.3 is 9.64 Å². The smallest absolute Gasteiger partial charge is 0.254 e. The van der Waals surface area contributed by atoms with Crippen molar-refractivity contribution < 1.29 is 9.53 Å². The Bertz CT molecular complexity index is 602. The molecule has 0 fully saturated rings. The largest absolute Gasteiger partial charge is 0.494 e. The molecular weight excluding hydrogens is 274 g/mol. The standard InChI is InChI=1S/C19H22NO2/c1-4-20(19(21)17-10-6-15(3)7-11-17)14-16-8-12-18(13-9-16)22-5-2/h6-13H,3-5,14H2,1-2H3. The molecule has 0 heterocycles. The predicted molar refractivity (Wildman–Crippen MR) is 88.9 cm³/mol. The Morgan fingerprint density at radius 2 is 1.68 bits per heavy atom. The Morgan fingerprint density at radius 3 is 2.23 bits per heavy atom. The van der Waals surface area contributed by atoms with E-state index in [0.29, 0.717) is 25.3 Å². The van der Waals surface area contributed by atoms with E-state index in [9.17, 15) is 4.79 Å². The van der Waals surface area contributed by atoms with Crippen LogP contribution in [0.5, 0.6) is 5.75 Å². The van der Waals surface area contributed by atoms with E-state index in [4.69, 9.17) is 4.74 Å². The van der Waals surface area contributed by atoms with Gasteiger partial charge in [0.25, 0.3) is 5.91 Å². The lowest BCUT2D eigenvalue weighted by Crippen LogP contribution is -2.30. The molecule has 0 unspecified atom stereocenters. The Morgan fingerprint density at radius 1 is 1.05 bits per heavy atom. The van der Waals surface area contributed by atoms with E-state index in [1.54, 1.807) is 0 Å². The van der Waals surface area contributed by atoms with Crippen LogP contribution < -0.4 is 4.74 Å². The molecular formula is C19H22NO2. The van der Waals surface area contributed by atoms with Gasteiger partial charge in [-0.15, -0.1) is 0 Å². The molecule has 2 aromatic rings. The highest BCUT2D eigenvalue weighted by Crippen LogP contribution is 2.15. The average molecular weight is 296 g/mol. The van der Waals surface area contributed by atoms with Crippen LogP contribution in [0.3, 0.4) is 0 Å². The highest BCUT2D eigenvalue weighted by Gasteiger charge is 2.14. The average Bonchev–Trinajstić information content (AvgIpc) is 2.54. The molecule has 2 rings (SSSR count). The summed E-state index contributed by atoms with van der Waals surface area (Å²) in [6.45, 7) is 9.70. The van der Waals surface area contributed by atoms with Gasteiger partial charge in [0.15, 0.2) is 0 Å². The molecule has 0 aliphatic carbocycles. The summed E-state index contributed by atoms with van der Waals surface area (Å²) >= 11 is 0. The first kappa shape index (κ1) is 16.1. The Balaban J connectivity index is 2.07. The van der Waals surface area contributed by atoms with Gasteiger partial charge in [-0.2, -0.15) is 0 Å². The van der Waals surface area contributed by atoms with Crippen molar-refractivity contribution in [3.63, 3.8) is 0 Å². The minimum Gasteiger partial charge on any atom is -0.494 e. The number of hydrogen-bond donors (Lipinski definition) is 0. The Kier molecular flexibility index (Phi) is 5.59. The number of benzene rings is 2. The monoisotopic (exact) mass is 296 g/mol. The minimum atomic E-state index is 0.0383. The van der Waals surface area contributed by atoms with Crippen LogP contribution in [0.1, 0.15) is 35.3 Å². The van der Waals surface area contributed by atoms with Gasteiger partial charge in [0, 0.05) is 18.7 Å². The van der Waals surface area contributed by atoms with E-state index < -0.39 is 0 Å². The molecule has 1 radical (unpaired) electrons.